The van der Waals surface area contributed by atoms with Gasteiger partial charge in [0.1, 0.15) is 0 Å². The van der Waals surface area contributed by atoms with Gasteiger partial charge in [0.25, 0.3) is 0 Å². The molecule has 0 saturated heterocycles. The molecule has 0 radical (unpaired) electrons. The molecule has 112 valence electrons. The smallest absolute Gasteiger partial charge is 0.337 e. The molecule has 1 aromatic rings. The summed E-state index contributed by atoms with van der Waals surface area (Å²) < 4.78 is 4.70. The molecule has 4 heteroatoms. The second kappa shape index (κ2) is 7.41. The summed E-state index contributed by atoms with van der Waals surface area (Å²) in [6.07, 6.45) is 0. The van der Waals surface area contributed by atoms with Crippen LogP contribution < -0.4 is 5.73 Å². The maximum Gasteiger partial charge on any atom is 0.337 e. The second-order valence-electron chi connectivity index (χ2n) is 5.86. The standard InChI is InChI=1S/C16H26N2O2/c1-5-18(12-16(2,3)11-17)10-13-6-8-14(9-7-13)15(19)20-4/h6-9H,5,10-12,17H2,1-4H3. The van der Waals surface area contributed by atoms with Crippen molar-refractivity contribution in [1.29, 1.82) is 0 Å². The molecule has 0 saturated carbocycles. The Kier molecular flexibility index (Phi) is 6.17. The molecule has 2 N–H and O–H groups in total. The minimum absolute atomic E-state index is 0.113. The van der Waals surface area contributed by atoms with Crippen LogP contribution in [-0.2, 0) is 11.3 Å². The van der Waals surface area contributed by atoms with Gasteiger partial charge in [-0.05, 0) is 36.2 Å². The van der Waals surface area contributed by atoms with Crippen molar-refractivity contribution in [3.05, 3.63) is 35.4 Å². The van der Waals surface area contributed by atoms with Gasteiger partial charge in [0.05, 0.1) is 12.7 Å². The maximum absolute atomic E-state index is 11.4. The minimum atomic E-state index is -0.298. The van der Waals surface area contributed by atoms with Crippen molar-refractivity contribution in [1.82, 2.24) is 4.90 Å². The van der Waals surface area contributed by atoms with Crippen molar-refractivity contribution in [2.24, 2.45) is 11.1 Å². The topological polar surface area (TPSA) is 55.6 Å². The third kappa shape index (κ3) is 4.94. The Bertz CT molecular complexity index is 427. The highest BCUT2D eigenvalue weighted by molar-refractivity contribution is 5.89. The summed E-state index contributed by atoms with van der Waals surface area (Å²) in [6, 6.07) is 7.57. The van der Waals surface area contributed by atoms with Gasteiger partial charge < -0.3 is 10.5 Å². The van der Waals surface area contributed by atoms with E-state index in [4.69, 9.17) is 10.5 Å². The van der Waals surface area contributed by atoms with Crippen LogP contribution in [0.15, 0.2) is 24.3 Å². The Morgan fingerprint density at radius 1 is 1.30 bits per heavy atom. The summed E-state index contributed by atoms with van der Waals surface area (Å²) in [6.45, 7) is 9.97. The molecule has 0 heterocycles. The number of carbonyl (C=O) groups is 1. The van der Waals surface area contributed by atoms with Gasteiger partial charge in [-0.2, -0.15) is 0 Å². The van der Waals surface area contributed by atoms with E-state index in [1.165, 1.54) is 12.7 Å². The van der Waals surface area contributed by atoms with Crippen molar-refractivity contribution in [2.75, 3.05) is 26.7 Å². The normalized spacial score (nSPS) is 11.7. The molecule has 20 heavy (non-hydrogen) atoms. The summed E-state index contributed by atoms with van der Waals surface area (Å²) >= 11 is 0. The lowest BCUT2D eigenvalue weighted by atomic mass is 9.93. The molecule has 0 amide bonds. The Hall–Kier alpha value is -1.39. The molecule has 0 bridgehead atoms. The van der Waals surface area contributed by atoms with E-state index < -0.39 is 0 Å². The molecule has 1 aromatic carbocycles. The molecule has 0 aliphatic heterocycles. The number of nitrogens with zero attached hydrogens (tertiary/aromatic N) is 1. The van der Waals surface area contributed by atoms with Crippen molar-refractivity contribution in [3.63, 3.8) is 0 Å². The van der Waals surface area contributed by atoms with Gasteiger partial charge in [0, 0.05) is 13.1 Å². The number of carbonyl (C=O) groups excluding carboxylic acids is 1. The summed E-state index contributed by atoms with van der Waals surface area (Å²) in [5, 5.41) is 0. The van der Waals surface area contributed by atoms with Crippen LogP contribution in [0.3, 0.4) is 0 Å². The molecule has 4 nitrogen and oxygen atoms in total. The van der Waals surface area contributed by atoms with E-state index in [9.17, 15) is 4.79 Å². The number of benzene rings is 1. The number of hydrogen-bond acceptors (Lipinski definition) is 4. The lowest BCUT2D eigenvalue weighted by Gasteiger charge is -2.31. The van der Waals surface area contributed by atoms with E-state index in [2.05, 4.69) is 25.7 Å². The predicted molar refractivity (Wildman–Crippen MR) is 81.6 cm³/mol. The van der Waals surface area contributed by atoms with Crippen molar-refractivity contribution in [3.8, 4) is 0 Å². The number of esters is 1. The van der Waals surface area contributed by atoms with Crippen LogP contribution in [0.1, 0.15) is 36.7 Å². The highest BCUT2D eigenvalue weighted by Gasteiger charge is 2.19. The molecule has 0 spiro atoms. The molecular formula is C16H26N2O2. The van der Waals surface area contributed by atoms with E-state index in [0.717, 1.165) is 19.6 Å². The molecule has 1 rings (SSSR count). The molecule has 0 aromatic heterocycles. The highest BCUT2D eigenvalue weighted by atomic mass is 16.5. The first-order chi connectivity index (χ1) is 9.41. The fourth-order valence-electron chi connectivity index (χ4n) is 2.07. The molecule has 0 atom stereocenters. The third-order valence-electron chi connectivity index (χ3n) is 3.43. The van der Waals surface area contributed by atoms with Crippen LogP contribution in [0.4, 0.5) is 0 Å². The summed E-state index contributed by atoms with van der Waals surface area (Å²) in [5.74, 6) is -0.298. The van der Waals surface area contributed by atoms with E-state index >= 15 is 0 Å². The van der Waals surface area contributed by atoms with Crippen LogP contribution in [-0.4, -0.2) is 37.6 Å². The van der Waals surface area contributed by atoms with Gasteiger partial charge >= 0.3 is 5.97 Å². The highest BCUT2D eigenvalue weighted by Crippen LogP contribution is 2.17. The van der Waals surface area contributed by atoms with Crippen LogP contribution in [0.2, 0.25) is 0 Å². The number of ether oxygens (including phenoxy) is 1. The number of hydrogen-bond donors (Lipinski definition) is 1. The van der Waals surface area contributed by atoms with Gasteiger partial charge in [0.15, 0.2) is 0 Å². The Labute approximate surface area is 121 Å². The first-order valence-corrected chi connectivity index (χ1v) is 7.01. The van der Waals surface area contributed by atoms with Gasteiger partial charge in [-0.1, -0.05) is 32.9 Å². The van der Waals surface area contributed by atoms with E-state index in [-0.39, 0.29) is 11.4 Å². The summed E-state index contributed by atoms with van der Waals surface area (Å²) in [7, 11) is 1.39. The molecular weight excluding hydrogens is 252 g/mol. The molecule has 0 unspecified atom stereocenters. The van der Waals surface area contributed by atoms with Crippen LogP contribution in [0.5, 0.6) is 0 Å². The minimum Gasteiger partial charge on any atom is -0.465 e. The SMILES string of the molecule is CCN(Cc1ccc(C(=O)OC)cc1)CC(C)(C)CN. The molecule has 0 aliphatic carbocycles. The average Bonchev–Trinajstić information content (AvgIpc) is 2.46. The largest absolute Gasteiger partial charge is 0.465 e. The molecule has 0 aliphatic rings. The Balaban J connectivity index is 2.68. The Morgan fingerprint density at radius 3 is 2.35 bits per heavy atom. The second-order valence-corrected chi connectivity index (χ2v) is 5.86. The number of nitrogens with two attached hydrogens (primary N) is 1. The lowest BCUT2D eigenvalue weighted by molar-refractivity contribution is 0.0600. The van der Waals surface area contributed by atoms with Crippen LogP contribution in [0, 0.1) is 5.41 Å². The predicted octanol–water partition coefficient (Wildman–Crippen LogP) is 2.28. The van der Waals surface area contributed by atoms with Gasteiger partial charge in [-0.25, -0.2) is 4.79 Å². The number of rotatable bonds is 7. The van der Waals surface area contributed by atoms with Crippen molar-refractivity contribution >= 4 is 5.97 Å². The fraction of sp³-hybridized carbons (Fsp3) is 0.562. The Morgan fingerprint density at radius 2 is 1.90 bits per heavy atom. The van der Waals surface area contributed by atoms with E-state index in [1.807, 2.05) is 24.3 Å². The summed E-state index contributed by atoms with van der Waals surface area (Å²) in [5.41, 5.74) is 7.68. The first kappa shape index (κ1) is 16.7. The third-order valence-corrected chi connectivity index (χ3v) is 3.43. The average molecular weight is 278 g/mol. The zero-order valence-electron chi connectivity index (χ0n) is 13.0. The molecule has 0 fully saturated rings. The van der Waals surface area contributed by atoms with Crippen molar-refractivity contribution < 1.29 is 9.53 Å². The fourth-order valence-corrected chi connectivity index (χ4v) is 2.07. The zero-order chi connectivity index (χ0) is 15.2. The summed E-state index contributed by atoms with van der Waals surface area (Å²) in [4.78, 5) is 13.7. The first-order valence-electron chi connectivity index (χ1n) is 7.01. The van der Waals surface area contributed by atoms with Gasteiger partial charge in [-0.15, -0.1) is 0 Å². The number of methoxy groups -OCH3 is 1. The van der Waals surface area contributed by atoms with Crippen molar-refractivity contribution in [2.45, 2.75) is 27.3 Å². The quantitative estimate of drug-likeness (QED) is 0.777. The van der Waals surface area contributed by atoms with E-state index in [1.54, 1.807) is 0 Å². The zero-order valence-corrected chi connectivity index (χ0v) is 13.0. The van der Waals surface area contributed by atoms with Gasteiger partial charge in [-0.3, -0.25) is 4.90 Å². The van der Waals surface area contributed by atoms with Gasteiger partial charge in [0.2, 0.25) is 0 Å². The van der Waals surface area contributed by atoms with Crippen LogP contribution >= 0.6 is 0 Å². The maximum atomic E-state index is 11.4. The monoisotopic (exact) mass is 278 g/mol. The lowest BCUT2D eigenvalue weighted by Crippen LogP contribution is -2.38. The van der Waals surface area contributed by atoms with E-state index in [0.29, 0.717) is 12.1 Å². The van der Waals surface area contributed by atoms with Crippen LogP contribution in [0.25, 0.3) is 0 Å².